The summed E-state index contributed by atoms with van der Waals surface area (Å²) >= 11 is 0. The lowest BCUT2D eigenvalue weighted by Gasteiger charge is -2.41. The van der Waals surface area contributed by atoms with Crippen molar-refractivity contribution in [2.75, 3.05) is 168 Å². The van der Waals surface area contributed by atoms with Crippen molar-refractivity contribution < 1.29 is 154 Å². The second-order valence-corrected chi connectivity index (χ2v) is 35.6. The molecule has 800 valence electrons. The molecule has 46 heteroatoms. The van der Waals surface area contributed by atoms with Gasteiger partial charge in [0.15, 0.2) is 25.2 Å². The number of benzene rings is 1. The quantitative estimate of drug-likeness (QED) is 0.0144. The first-order valence-corrected chi connectivity index (χ1v) is 49.5. The number of amides is 10. The Bertz CT molecular complexity index is 3660. The highest BCUT2D eigenvalue weighted by molar-refractivity contribution is 8.76. The number of aliphatic hydroxyl groups is 5. The molecule has 3 rings (SSSR count). The number of carbonyl (C=O) groups is 12. The number of hydrogen-bond donors (Lipinski definition) is 14. The zero-order valence-electron chi connectivity index (χ0n) is 85.2. The van der Waals surface area contributed by atoms with E-state index in [0.29, 0.717) is 58.0 Å². The van der Waals surface area contributed by atoms with Crippen LogP contribution in [0.25, 0.3) is 0 Å². The summed E-state index contributed by atoms with van der Waals surface area (Å²) < 4.78 is 73.5. The van der Waals surface area contributed by atoms with Crippen LogP contribution >= 0.6 is 21.6 Å². The maximum Gasteiger partial charge on any atom is 0.407 e. The third-order valence-corrected chi connectivity index (χ3v) is 24.1. The smallest absolute Gasteiger partial charge is 0.407 e. The Kier molecular flexibility index (Phi) is 73.3. The number of carbonyl (C=O) groups excluding carboxylic acids is 11. The molecule has 139 heavy (non-hydrogen) atoms. The minimum Gasteiger partial charge on any atom is -0.481 e. The van der Waals surface area contributed by atoms with Crippen molar-refractivity contribution in [1.82, 2.24) is 62.2 Å². The molecular formula is C93H164N12O32S2. The summed E-state index contributed by atoms with van der Waals surface area (Å²) in [6.07, 6.45) is -1.97. The molecule has 10 amide bonds. The van der Waals surface area contributed by atoms with E-state index in [2.05, 4.69) is 47.5 Å². The molecule has 8 unspecified atom stereocenters. The lowest BCUT2D eigenvalue weighted by Crippen LogP contribution is -2.59. The molecule has 44 nitrogen and oxygen atoms in total. The molecule has 0 saturated carbocycles. The molecule has 0 spiro atoms. The largest absolute Gasteiger partial charge is 0.481 e. The fraction of sp³-hybridized carbons (Fsp3) is 0.753. The standard InChI is InChI=1S/C57H98N8O15.C18H29N3O6S2.C11H21NO7.C7H16O4/c1-16-37(7)50(64(12)55(72)48(35(3)4)62-54(71)49(36(5)6)63(10)11)44(75-13)32-46(68)65-29-21-25-43(65)51(77-15)38(8)52(69)61-42(31-40-23-19-18-20-24-40)53(70)58-27-22-30-78-56(73)39(9)60-45(67)26-28-59-57(74)79-34-47(76-14)80-41(17-2)33-66;1-3-14(12-22)27-17(25-2)13-26-18(24)21-9-7-15(23)19-10-11-28-29-16-6-4-5-8-20-16;1-3-8(6-13)19-10(17-2)7-18-11(16)12-5-4-9(14)15;1-3-6(4-8)11-7(5-9)10-2/h18-20,23-24,35-39,41-44,47-51,66H,16-17,21-22,25-34H2,1-15H3,(H,58,70)(H,59,74)(H,60,67)(H,61,69)(H,62,71);4-6,8,14,17,22H,3,7,9-13H2,1-2H3,(H,19,23)(H,21,24);8,10,13H,3-7H2,1-2H3,(H,12,16)(H,14,15);6-9H,3-5H2,1-2H3/t37-,38+,39-,41?,42+,43-,44+,47?,48-,49-,50-,51+;;;/m0.../s1. The van der Waals surface area contributed by atoms with E-state index < -0.39 is 134 Å². The zero-order chi connectivity index (χ0) is 105. The molecule has 1 aromatic carbocycles. The van der Waals surface area contributed by atoms with E-state index in [1.807, 2.05) is 137 Å². The Morgan fingerprint density at radius 2 is 1.01 bits per heavy atom. The summed E-state index contributed by atoms with van der Waals surface area (Å²) in [6, 6.07) is 10.6. The van der Waals surface area contributed by atoms with Gasteiger partial charge in [0, 0.05) is 120 Å². The summed E-state index contributed by atoms with van der Waals surface area (Å²) in [5.41, 5.74) is 0.798. The number of likely N-dealkylation sites (tertiary alicyclic amines) is 1. The van der Waals surface area contributed by atoms with Crippen LogP contribution in [0.3, 0.4) is 0 Å². The number of ether oxygens (including phenoxy) is 14. The van der Waals surface area contributed by atoms with E-state index in [-0.39, 0.29) is 184 Å². The van der Waals surface area contributed by atoms with E-state index in [1.54, 1.807) is 51.6 Å². The van der Waals surface area contributed by atoms with Crippen molar-refractivity contribution in [2.24, 2.45) is 23.7 Å². The molecular weight excluding hydrogens is 1860 g/mol. The van der Waals surface area contributed by atoms with Gasteiger partial charge in [-0.1, -0.05) is 130 Å². The van der Waals surface area contributed by atoms with Crippen molar-refractivity contribution in [3.05, 3.63) is 60.3 Å². The van der Waals surface area contributed by atoms with E-state index in [1.165, 1.54) is 49.6 Å². The average molecular weight is 2030 g/mol. The van der Waals surface area contributed by atoms with Gasteiger partial charge >= 0.3 is 30.2 Å². The zero-order valence-corrected chi connectivity index (χ0v) is 86.8. The number of nitrogens with one attached hydrogen (secondary N) is 8. The predicted molar refractivity (Wildman–Crippen MR) is 518 cm³/mol. The molecule has 0 radical (unpaired) electrons. The van der Waals surface area contributed by atoms with Gasteiger partial charge in [-0.2, -0.15) is 0 Å². The van der Waals surface area contributed by atoms with Crippen molar-refractivity contribution >= 4 is 93.2 Å². The number of nitrogens with zero attached hydrogens (tertiary/aromatic N) is 4. The van der Waals surface area contributed by atoms with E-state index in [0.717, 1.165) is 16.3 Å². The Morgan fingerprint density at radius 1 is 0.518 bits per heavy atom. The first kappa shape index (κ1) is 130. The number of carboxylic acid groups (broad SMARTS) is 1. The first-order chi connectivity index (χ1) is 66.3. The van der Waals surface area contributed by atoms with Crippen LogP contribution in [0.4, 0.5) is 14.4 Å². The fourth-order valence-corrected chi connectivity index (χ4v) is 15.5. The maximum absolute atomic E-state index is 14.5. The summed E-state index contributed by atoms with van der Waals surface area (Å²) in [5.74, 6) is -4.43. The second-order valence-electron chi connectivity index (χ2n) is 33.2. The molecule has 1 aliphatic heterocycles. The van der Waals surface area contributed by atoms with E-state index in [4.69, 9.17) is 91.8 Å². The highest BCUT2D eigenvalue weighted by Gasteiger charge is 2.44. The third-order valence-electron chi connectivity index (χ3n) is 21.9. The number of methoxy groups -OCH3 is 6. The number of aliphatic carboxylic acids is 1. The highest BCUT2D eigenvalue weighted by atomic mass is 33.1. The molecule has 14 N–H and O–H groups in total. The van der Waals surface area contributed by atoms with Crippen LogP contribution in [0.2, 0.25) is 0 Å². The van der Waals surface area contributed by atoms with Crippen LogP contribution < -0.4 is 42.5 Å². The Balaban J connectivity index is 0.00000257. The van der Waals surface area contributed by atoms with Gasteiger partial charge in [0.05, 0.1) is 113 Å². The number of esters is 1. The Hall–Kier alpha value is -8.53. The number of rotatable bonds is 68. The minimum atomic E-state index is -1.01. The predicted octanol–water partition coefficient (Wildman–Crippen LogP) is 4.29. The van der Waals surface area contributed by atoms with Gasteiger partial charge < -0.3 is 149 Å². The van der Waals surface area contributed by atoms with Crippen LogP contribution in [0.5, 0.6) is 0 Å². The number of likely N-dealkylation sites (N-methyl/N-ethyl adjacent to an activating group) is 2. The molecule has 1 saturated heterocycles. The van der Waals surface area contributed by atoms with Gasteiger partial charge in [0.25, 0.3) is 0 Å². The lowest BCUT2D eigenvalue weighted by molar-refractivity contribution is -0.181. The Morgan fingerprint density at radius 3 is 1.45 bits per heavy atom. The number of aliphatic hydroxyl groups excluding tert-OH is 5. The van der Waals surface area contributed by atoms with Crippen molar-refractivity contribution in [3.8, 4) is 0 Å². The molecule has 0 bridgehead atoms. The first-order valence-electron chi connectivity index (χ1n) is 47.1. The summed E-state index contributed by atoms with van der Waals surface area (Å²) in [5, 5.41) is 75.3. The summed E-state index contributed by atoms with van der Waals surface area (Å²) in [7, 11) is 17.2. The van der Waals surface area contributed by atoms with Gasteiger partial charge in [-0.3, -0.25) is 43.3 Å². The third kappa shape index (κ3) is 55.6. The average Bonchev–Trinajstić information content (AvgIpc) is 1.62. The monoisotopic (exact) mass is 2030 g/mol. The maximum atomic E-state index is 14.5. The van der Waals surface area contributed by atoms with Gasteiger partial charge in [-0.05, 0) is 112 Å². The van der Waals surface area contributed by atoms with Crippen molar-refractivity contribution in [2.45, 2.75) is 270 Å². The molecule has 1 fully saturated rings. The van der Waals surface area contributed by atoms with Crippen LogP contribution in [0, 0.1) is 23.7 Å². The van der Waals surface area contributed by atoms with Gasteiger partial charge in [0.2, 0.25) is 41.4 Å². The van der Waals surface area contributed by atoms with Gasteiger partial charge in [0.1, 0.15) is 43.0 Å². The highest BCUT2D eigenvalue weighted by Crippen LogP contribution is 2.31. The van der Waals surface area contributed by atoms with Crippen molar-refractivity contribution in [1.29, 1.82) is 0 Å². The number of aromatic nitrogens is 1. The van der Waals surface area contributed by atoms with Crippen LogP contribution in [0.1, 0.15) is 166 Å². The number of pyridine rings is 1. The Labute approximate surface area is 827 Å². The minimum absolute atomic E-state index is 0.00388. The molecule has 18 atom stereocenters. The molecule has 0 aliphatic carbocycles. The molecule has 2 aromatic rings. The van der Waals surface area contributed by atoms with Crippen molar-refractivity contribution in [3.63, 3.8) is 0 Å². The van der Waals surface area contributed by atoms with Crippen LogP contribution in [-0.4, -0.2) is 388 Å². The molecule has 2 heterocycles. The molecule has 1 aromatic heterocycles. The van der Waals surface area contributed by atoms with Crippen LogP contribution in [-0.2, 0) is 116 Å². The normalized spacial score (nSPS) is 16.0. The van der Waals surface area contributed by atoms with Crippen LogP contribution in [0.15, 0.2) is 59.8 Å². The summed E-state index contributed by atoms with van der Waals surface area (Å²) in [6.45, 7) is 22.1. The van der Waals surface area contributed by atoms with E-state index in [9.17, 15) is 62.6 Å². The number of alkyl carbamates (subject to hydrolysis) is 3. The van der Waals surface area contributed by atoms with Gasteiger partial charge in [-0.25, -0.2) is 24.2 Å². The lowest BCUT2D eigenvalue weighted by atomic mass is 9.89. The number of carboxylic acids is 1. The topological polar surface area (TPSA) is 574 Å². The number of hydrogen-bond acceptors (Lipinski definition) is 35. The fourth-order valence-electron chi connectivity index (χ4n) is 13.7. The second kappa shape index (κ2) is 78.0. The summed E-state index contributed by atoms with van der Waals surface area (Å²) in [4.78, 5) is 162. The molecule has 1 aliphatic rings. The van der Waals surface area contributed by atoms with E-state index >= 15 is 0 Å². The SMILES string of the molecule is CCC(CO)OC(CO)OC.CCC(CO)OC(COC(=O)NCCC(=O)NCCSSc1ccccn1)OC.CCC(CO)OC(COC(=O)NCCC(=O)N[C@@H](C)C(=O)OCCCNC(=O)[C@@H](Cc1ccccc1)NC(=O)[C@H](C)[C@@H](OC)[C@@H]1CCCN1C(=O)C[C@@H](OC)[C@H]([C@@H](C)CC)N(C)C(=O)[C@@H](NC(=O)[C@H](C(C)C)N(C)C)C(C)C)OC.CCC(CO)OC(COC(=O)NCCC(=O)O)OC. The van der Waals surface area contributed by atoms with Gasteiger partial charge in [-0.15, -0.1) is 0 Å².